The van der Waals surface area contributed by atoms with Gasteiger partial charge in [-0.1, -0.05) is 6.07 Å². The first-order valence-electron chi connectivity index (χ1n) is 8.36. The van der Waals surface area contributed by atoms with Gasteiger partial charge in [0.05, 0.1) is 9.82 Å². The standard InChI is InChI=1S/C17H13F4N3O5S/c18-10-2-1-3-11(19)15(10)23-7-6-13(16(23)25)22-12-5-4-9(8-14(12)24(26)27)30(28,29)17(20)21/h1-5,8,13,17,22H,6-7H2. The lowest BCUT2D eigenvalue weighted by molar-refractivity contribution is -0.384. The highest BCUT2D eigenvalue weighted by molar-refractivity contribution is 7.91. The number of hydrogen-bond donors (Lipinski definition) is 1. The second kappa shape index (κ2) is 7.89. The van der Waals surface area contributed by atoms with Crippen LogP contribution < -0.4 is 10.2 Å². The topological polar surface area (TPSA) is 110 Å². The number of anilines is 2. The number of carbonyl (C=O) groups is 1. The number of hydrogen-bond acceptors (Lipinski definition) is 6. The Bertz CT molecular complexity index is 1110. The summed E-state index contributed by atoms with van der Waals surface area (Å²) >= 11 is 0. The van der Waals surface area contributed by atoms with E-state index in [1.807, 2.05) is 0 Å². The highest BCUT2D eigenvalue weighted by Crippen LogP contribution is 2.33. The number of nitrogens with one attached hydrogen (secondary N) is 1. The number of sulfone groups is 1. The molecule has 1 unspecified atom stereocenters. The predicted octanol–water partition coefficient (Wildman–Crippen LogP) is 3.09. The molecule has 8 nitrogen and oxygen atoms in total. The van der Waals surface area contributed by atoms with Crippen molar-refractivity contribution in [3.63, 3.8) is 0 Å². The fourth-order valence-corrected chi connectivity index (χ4v) is 3.77. The fraction of sp³-hybridized carbons (Fsp3) is 0.235. The summed E-state index contributed by atoms with van der Waals surface area (Å²) in [7, 11) is -5.07. The van der Waals surface area contributed by atoms with Crippen molar-refractivity contribution in [3.8, 4) is 0 Å². The summed E-state index contributed by atoms with van der Waals surface area (Å²) in [5.41, 5.74) is -1.71. The Morgan fingerprint density at radius 2 is 1.80 bits per heavy atom. The summed E-state index contributed by atoms with van der Waals surface area (Å²) in [6.45, 7) is -0.0833. The zero-order chi connectivity index (χ0) is 22.2. The molecule has 0 spiro atoms. The zero-order valence-electron chi connectivity index (χ0n) is 14.9. The van der Waals surface area contributed by atoms with Gasteiger partial charge in [-0.05, 0) is 30.7 Å². The number of carbonyl (C=O) groups excluding carboxylic acids is 1. The van der Waals surface area contributed by atoms with Gasteiger partial charge >= 0.3 is 5.76 Å². The molecule has 2 aromatic rings. The molecule has 0 aliphatic carbocycles. The Morgan fingerprint density at radius 3 is 2.37 bits per heavy atom. The minimum atomic E-state index is -5.07. The van der Waals surface area contributed by atoms with Crippen molar-refractivity contribution in [1.29, 1.82) is 0 Å². The van der Waals surface area contributed by atoms with Gasteiger partial charge in [0.25, 0.3) is 5.69 Å². The quantitative estimate of drug-likeness (QED) is 0.414. The molecule has 1 N–H and O–H groups in total. The highest BCUT2D eigenvalue weighted by Gasteiger charge is 2.37. The molecule has 0 bridgehead atoms. The van der Waals surface area contributed by atoms with Crippen molar-refractivity contribution in [3.05, 3.63) is 58.1 Å². The molecule has 160 valence electrons. The third-order valence-corrected chi connectivity index (χ3v) is 5.85. The molecule has 30 heavy (non-hydrogen) atoms. The minimum absolute atomic E-state index is 0.0286. The first-order valence-corrected chi connectivity index (χ1v) is 9.91. The van der Waals surface area contributed by atoms with Crippen molar-refractivity contribution in [1.82, 2.24) is 0 Å². The molecular formula is C17H13F4N3O5S. The summed E-state index contributed by atoms with van der Waals surface area (Å²) in [5, 5.41) is 13.8. The lowest BCUT2D eigenvalue weighted by Crippen LogP contribution is -2.34. The molecule has 1 amide bonds. The van der Waals surface area contributed by atoms with Gasteiger partial charge in [0.2, 0.25) is 15.7 Å². The smallest absolute Gasteiger partial charge is 0.341 e. The summed E-state index contributed by atoms with van der Waals surface area (Å²) < 4.78 is 76.4. The van der Waals surface area contributed by atoms with Crippen LogP contribution in [-0.2, 0) is 14.6 Å². The van der Waals surface area contributed by atoms with Crippen LogP contribution in [0.3, 0.4) is 0 Å². The number of alkyl halides is 2. The van der Waals surface area contributed by atoms with Crippen LogP contribution in [0.1, 0.15) is 6.42 Å². The lowest BCUT2D eigenvalue weighted by atomic mass is 10.2. The second-order valence-corrected chi connectivity index (χ2v) is 8.21. The summed E-state index contributed by atoms with van der Waals surface area (Å²) in [5.74, 6) is -6.46. The Hall–Kier alpha value is -3.22. The fourth-order valence-electron chi connectivity index (χ4n) is 3.03. The van der Waals surface area contributed by atoms with Crippen molar-refractivity contribution in [2.45, 2.75) is 23.1 Å². The number of nitrogens with zero attached hydrogens (tertiary/aromatic N) is 2. The normalized spacial score (nSPS) is 16.9. The van der Waals surface area contributed by atoms with E-state index in [4.69, 9.17) is 0 Å². The number of amides is 1. The first kappa shape index (κ1) is 21.5. The highest BCUT2D eigenvalue weighted by atomic mass is 32.2. The molecule has 1 aliphatic rings. The van der Waals surface area contributed by atoms with E-state index >= 15 is 0 Å². The number of rotatable bonds is 6. The molecule has 2 aromatic carbocycles. The van der Waals surface area contributed by atoms with Crippen LogP contribution in [0.2, 0.25) is 0 Å². The van der Waals surface area contributed by atoms with E-state index in [0.29, 0.717) is 6.07 Å². The monoisotopic (exact) mass is 447 g/mol. The third kappa shape index (κ3) is 3.79. The van der Waals surface area contributed by atoms with Crippen molar-refractivity contribution < 1.29 is 35.7 Å². The summed E-state index contributed by atoms with van der Waals surface area (Å²) in [6, 6.07) is 4.04. The van der Waals surface area contributed by atoms with Crippen LogP contribution in [-0.4, -0.2) is 37.6 Å². The zero-order valence-corrected chi connectivity index (χ0v) is 15.7. The van der Waals surface area contributed by atoms with Gasteiger partial charge in [-0.2, -0.15) is 8.78 Å². The third-order valence-electron chi connectivity index (χ3n) is 4.47. The van der Waals surface area contributed by atoms with Crippen LogP contribution in [0.15, 0.2) is 41.3 Å². The molecule has 1 fully saturated rings. The van der Waals surface area contributed by atoms with E-state index in [1.54, 1.807) is 0 Å². The van der Waals surface area contributed by atoms with Gasteiger partial charge in [-0.15, -0.1) is 0 Å². The molecular weight excluding hydrogens is 434 g/mol. The van der Waals surface area contributed by atoms with Crippen molar-refractivity contribution in [2.24, 2.45) is 0 Å². The van der Waals surface area contributed by atoms with Crippen LogP contribution in [0.5, 0.6) is 0 Å². The molecule has 1 saturated heterocycles. The number of benzene rings is 2. The van der Waals surface area contributed by atoms with Gasteiger partial charge in [0.1, 0.15) is 29.1 Å². The number of halogens is 4. The molecule has 1 heterocycles. The Balaban J connectivity index is 1.90. The Kier molecular flexibility index (Phi) is 5.65. The van der Waals surface area contributed by atoms with E-state index in [2.05, 4.69) is 5.32 Å². The van der Waals surface area contributed by atoms with E-state index < -0.39 is 60.4 Å². The molecule has 0 aromatic heterocycles. The van der Waals surface area contributed by atoms with E-state index in [9.17, 15) is 40.9 Å². The number of nitro groups is 1. The summed E-state index contributed by atoms with van der Waals surface area (Å²) in [6.07, 6.45) is 0.0286. The van der Waals surface area contributed by atoms with Crippen LogP contribution in [0, 0.1) is 21.7 Å². The molecule has 3 rings (SSSR count). The average Bonchev–Trinajstić information content (AvgIpc) is 3.02. The molecule has 1 atom stereocenters. The van der Waals surface area contributed by atoms with Gasteiger partial charge < -0.3 is 10.2 Å². The maximum atomic E-state index is 14.0. The molecule has 1 aliphatic heterocycles. The minimum Gasteiger partial charge on any atom is -0.368 e. The van der Waals surface area contributed by atoms with Gasteiger partial charge in [0, 0.05) is 12.6 Å². The largest absolute Gasteiger partial charge is 0.368 e. The van der Waals surface area contributed by atoms with E-state index in [1.165, 1.54) is 0 Å². The van der Waals surface area contributed by atoms with Gasteiger partial charge in [-0.25, -0.2) is 17.2 Å². The molecule has 13 heteroatoms. The molecule has 0 saturated carbocycles. The van der Waals surface area contributed by atoms with E-state index in [-0.39, 0.29) is 18.7 Å². The average molecular weight is 447 g/mol. The van der Waals surface area contributed by atoms with E-state index in [0.717, 1.165) is 35.2 Å². The van der Waals surface area contributed by atoms with Crippen LogP contribution in [0.25, 0.3) is 0 Å². The van der Waals surface area contributed by atoms with Crippen molar-refractivity contribution >= 4 is 32.8 Å². The SMILES string of the molecule is O=C1C(Nc2ccc(S(=O)(=O)C(F)F)cc2[N+](=O)[O-])CCN1c1c(F)cccc1F. The number of nitro benzene ring substituents is 1. The maximum absolute atomic E-state index is 14.0. The Morgan fingerprint density at radius 1 is 1.17 bits per heavy atom. The predicted molar refractivity (Wildman–Crippen MR) is 97.0 cm³/mol. The lowest BCUT2D eigenvalue weighted by Gasteiger charge is -2.19. The van der Waals surface area contributed by atoms with Gasteiger partial charge in [-0.3, -0.25) is 14.9 Å². The molecule has 0 radical (unpaired) electrons. The Labute approximate surface area is 167 Å². The van der Waals surface area contributed by atoms with Crippen molar-refractivity contribution in [2.75, 3.05) is 16.8 Å². The maximum Gasteiger partial charge on any atom is 0.341 e. The van der Waals surface area contributed by atoms with Gasteiger partial charge in [0.15, 0.2) is 0 Å². The van der Waals surface area contributed by atoms with Crippen LogP contribution in [0.4, 0.5) is 34.6 Å². The first-order chi connectivity index (χ1) is 14.0. The summed E-state index contributed by atoms with van der Waals surface area (Å²) in [4.78, 5) is 22.8. The van der Waals surface area contributed by atoms with Crippen LogP contribution >= 0.6 is 0 Å². The second-order valence-electron chi connectivity index (χ2n) is 6.29. The number of para-hydroxylation sites is 1.